The smallest absolute Gasteiger partial charge is 0.256 e. The largest absolute Gasteiger partial charge is 0.489 e. The molecule has 1 saturated heterocycles. The number of piperidine rings is 1. The Kier molecular flexibility index (Phi) is 6.98. The summed E-state index contributed by atoms with van der Waals surface area (Å²) in [6.07, 6.45) is 2.12. The molecule has 7 nitrogen and oxygen atoms in total. The average Bonchev–Trinajstić information content (AvgIpc) is 2.85. The van der Waals surface area contributed by atoms with Gasteiger partial charge in [-0.2, -0.15) is 9.65 Å². The third kappa shape index (κ3) is 4.64. The number of amides is 1. The molecule has 190 valence electrons. The first kappa shape index (κ1) is 25.9. The SMILES string of the molecule is CC1(C)[C@H](NC(=O)c2ccc(N3CCC(C=O)CC3)nc2F)C(C)(C)[C@H]1Oc1ccc(C#N)c(Cl)c1. The molecule has 1 aliphatic carbocycles. The lowest BCUT2D eigenvalue weighted by Crippen LogP contribution is -2.74. The predicted octanol–water partition coefficient (Wildman–Crippen LogP) is 4.77. The minimum Gasteiger partial charge on any atom is -0.489 e. The number of aromatic nitrogens is 1. The molecule has 0 atom stereocenters. The number of pyridine rings is 1. The molecule has 2 fully saturated rings. The highest BCUT2D eigenvalue weighted by atomic mass is 35.5. The molecule has 2 heterocycles. The van der Waals surface area contributed by atoms with Crippen molar-refractivity contribution in [2.24, 2.45) is 16.7 Å². The van der Waals surface area contributed by atoms with Crippen LogP contribution in [0.15, 0.2) is 30.3 Å². The van der Waals surface area contributed by atoms with Gasteiger partial charge in [0.05, 0.1) is 16.1 Å². The monoisotopic (exact) mass is 512 g/mol. The molecule has 1 N–H and O–H groups in total. The van der Waals surface area contributed by atoms with Crippen molar-refractivity contribution in [2.45, 2.75) is 52.7 Å². The fourth-order valence-electron chi connectivity index (χ4n) is 5.84. The van der Waals surface area contributed by atoms with E-state index in [4.69, 9.17) is 21.6 Å². The maximum absolute atomic E-state index is 14.9. The van der Waals surface area contributed by atoms with E-state index in [9.17, 15) is 14.0 Å². The fourth-order valence-corrected chi connectivity index (χ4v) is 6.05. The summed E-state index contributed by atoms with van der Waals surface area (Å²) in [6.45, 7) is 9.19. The summed E-state index contributed by atoms with van der Waals surface area (Å²) in [5.41, 5.74) is -0.678. The van der Waals surface area contributed by atoms with Gasteiger partial charge in [0.25, 0.3) is 5.91 Å². The van der Waals surface area contributed by atoms with Crippen LogP contribution in [0.2, 0.25) is 5.02 Å². The van der Waals surface area contributed by atoms with Crippen LogP contribution in [0.3, 0.4) is 0 Å². The lowest BCUT2D eigenvalue weighted by Gasteiger charge is -2.63. The molecule has 1 aliphatic heterocycles. The van der Waals surface area contributed by atoms with Gasteiger partial charge >= 0.3 is 0 Å². The van der Waals surface area contributed by atoms with Crippen molar-refractivity contribution in [1.29, 1.82) is 5.26 Å². The second-order valence-electron chi connectivity index (χ2n) is 10.8. The molecule has 1 aromatic heterocycles. The molecule has 0 spiro atoms. The molecule has 4 rings (SSSR count). The molecule has 0 radical (unpaired) electrons. The number of carbonyl (C=O) groups is 2. The summed E-state index contributed by atoms with van der Waals surface area (Å²) in [4.78, 5) is 30.0. The van der Waals surface area contributed by atoms with Crippen molar-refractivity contribution >= 4 is 29.6 Å². The van der Waals surface area contributed by atoms with Gasteiger partial charge in [-0.1, -0.05) is 39.3 Å². The first-order valence-electron chi connectivity index (χ1n) is 12.0. The van der Waals surface area contributed by atoms with E-state index in [2.05, 4.69) is 10.3 Å². The van der Waals surface area contributed by atoms with E-state index in [1.54, 1.807) is 24.3 Å². The van der Waals surface area contributed by atoms with Gasteiger partial charge in [-0.25, -0.2) is 4.98 Å². The van der Waals surface area contributed by atoms with Gasteiger partial charge in [0.15, 0.2) is 0 Å². The van der Waals surface area contributed by atoms with Crippen molar-refractivity contribution in [2.75, 3.05) is 18.0 Å². The Morgan fingerprint density at radius 2 is 1.89 bits per heavy atom. The summed E-state index contributed by atoms with van der Waals surface area (Å²) >= 11 is 6.15. The zero-order valence-electron chi connectivity index (χ0n) is 20.8. The molecule has 0 unspecified atom stereocenters. The number of ether oxygens (including phenoxy) is 1. The van der Waals surface area contributed by atoms with Gasteiger partial charge in [-0.05, 0) is 37.1 Å². The zero-order chi connectivity index (χ0) is 26.3. The van der Waals surface area contributed by atoms with Crippen LogP contribution in [0.5, 0.6) is 5.75 Å². The molecule has 1 amide bonds. The summed E-state index contributed by atoms with van der Waals surface area (Å²) in [7, 11) is 0. The quantitative estimate of drug-likeness (QED) is 0.442. The maximum atomic E-state index is 14.9. The number of rotatable bonds is 6. The molecule has 2 aliphatic rings. The third-order valence-corrected chi connectivity index (χ3v) is 7.88. The highest BCUT2D eigenvalue weighted by molar-refractivity contribution is 6.31. The normalized spacial score (nSPS) is 22.8. The Hall–Kier alpha value is -3.18. The van der Waals surface area contributed by atoms with E-state index >= 15 is 0 Å². The number of nitrogens with zero attached hydrogens (tertiary/aromatic N) is 3. The van der Waals surface area contributed by atoms with Gasteiger partial charge in [-0.15, -0.1) is 0 Å². The number of aldehydes is 1. The minimum atomic E-state index is -0.822. The van der Waals surface area contributed by atoms with Crippen LogP contribution in [-0.4, -0.2) is 42.4 Å². The Bertz CT molecular complexity index is 1200. The maximum Gasteiger partial charge on any atom is 0.256 e. The standard InChI is InChI=1S/C27H30ClFN4O3/c1-26(2)24(27(3,4)25(26)36-18-6-5-17(14-30)20(28)13-18)32-23(35)19-7-8-21(31-22(19)29)33-11-9-16(15-34)10-12-33/h5-8,13,15-16,24-25H,9-12H2,1-4H3,(H,32,35)/t24-,25-. The number of anilines is 1. The van der Waals surface area contributed by atoms with E-state index in [-0.39, 0.29) is 23.6 Å². The lowest BCUT2D eigenvalue weighted by atomic mass is 9.49. The van der Waals surface area contributed by atoms with E-state index in [0.29, 0.717) is 48.1 Å². The number of hydrogen-bond acceptors (Lipinski definition) is 6. The van der Waals surface area contributed by atoms with E-state index < -0.39 is 22.7 Å². The summed E-state index contributed by atoms with van der Waals surface area (Å²) < 4.78 is 21.1. The Morgan fingerprint density at radius 3 is 2.44 bits per heavy atom. The molecule has 1 saturated carbocycles. The van der Waals surface area contributed by atoms with Crippen LogP contribution in [-0.2, 0) is 4.79 Å². The van der Waals surface area contributed by atoms with Crippen LogP contribution < -0.4 is 15.0 Å². The van der Waals surface area contributed by atoms with Crippen molar-refractivity contribution in [1.82, 2.24) is 10.3 Å². The van der Waals surface area contributed by atoms with Crippen molar-refractivity contribution in [3.8, 4) is 11.8 Å². The molecular weight excluding hydrogens is 483 g/mol. The zero-order valence-corrected chi connectivity index (χ0v) is 21.6. The summed E-state index contributed by atoms with van der Waals surface area (Å²) in [5.74, 6) is -0.313. The lowest BCUT2D eigenvalue weighted by molar-refractivity contribution is -0.164. The minimum absolute atomic E-state index is 0.0343. The number of hydrogen-bond donors (Lipinski definition) is 1. The van der Waals surface area contributed by atoms with Gasteiger partial charge in [-0.3, -0.25) is 4.79 Å². The second kappa shape index (κ2) is 9.70. The Balaban J connectivity index is 1.44. The van der Waals surface area contributed by atoms with Gasteiger partial charge in [0.1, 0.15) is 30.0 Å². The van der Waals surface area contributed by atoms with Crippen molar-refractivity contribution in [3.63, 3.8) is 0 Å². The summed E-state index contributed by atoms with van der Waals surface area (Å²) in [5, 5.41) is 12.4. The molecular formula is C27H30ClFN4O3. The van der Waals surface area contributed by atoms with Crippen LogP contribution in [0.1, 0.15) is 56.5 Å². The Labute approximate surface area is 215 Å². The second-order valence-corrected chi connectivity index (χ2v) is 11.2. The van der Waals surface area contributed by atoms with E-state index in [0.717, 1.165) is 6.29 Å². The first-order valence-corrected chi connectivity index (χ1v) is 12.4. The van der Waals surface area contributed by atoms with Gasteiger partial charge in [0, 0.05) is 41.9 Å². The molecule has 2 aromatic rings. The van der Waals surface area contributed by atoms with Gasteiger partial charge < -0.3 is 19.7 Å². The molecule has 36 heavy (non-hydrogen) atoms. The number of nitriles is 1. The highest BCUT2D eigenvalue weighted by Crippen LogP contribution is 2.55. The van der Waals surface area contributed by atoms with Gasteiger partial charge in [0.2, 0.25) is 5.95 Å². The summed E-state index contributed by atoms with van der Waals surface area (Å²) in [6, 6.07) is 9.77. The first-order chi connectivity index (χ1) is 17.0. The number of carbonyl (C=O) groups excluding carboxylic acids is 2. The van der Waals surface area contributed by atoms with E-state index in [1.165, 1.54) is 6.07 Å². The van der Waals surface area contributed by atoms with Crippen LogP contribution in [0.4, 0.5) is 10.2 Å². The Morgan fingerprint density at radius 1 is 1.22 bits per heavy atom. The predicted molar refractivity (Wildman–Crippen MR) is 135 cm³/mol. The number of halogens is 2. The van der Waals surface area contributed by atoms with Crippen molar-refractivity contribution < 1.29 is 18.7 Å². The molecule has 0 bridgehead atoms. The topological polar surface area (TPSA) is 95.3 Å². The van der Waals surface area contributed by atoms with Crippen LogP contribution >= 0.6 is 11.6 Å². The van der Waals surface area contributed by atoms with Crippen LogP contribution in [0.25, 0.3) is 0 Å². The molecule has 9 heteroatoms. The average molecular weight is 513 g/mol. The third-order valence-electron chi connectivity index (χ3n) is 7.56. The van der Waals surface area contributed by atoms with Crippen molar-refractivity contribution in [3.05, 3.63) is 52.4 Å². The highest BCUT2D eigenvalue weighted by Gasteiger charge is 2.64. The van der Waals surface area contributed by atoms with Crippen LogP contribution in [0, 0.1) is 34.0 Å². The number of nitrogens with one attached hydrogen (secondary N) is 1. The fraction of sp³-hybridized carbons (Fsp3) is 0.481. The van der Waals surface area contributed by atoms with E-state index in [1.807, 2.05) is 38.7 Å². The molecule has 1 aromatic carbocycles. The number of benzene rings is 1.